The summed E-state index contributed by atoms with van der Waals surface area (Å²) in [6, 6.07) is -0.956. The van der Waals surface area contributed by atoms with Crippen molar-refractivity contribution in [2.45, 2.75) is 13.1 Å². The predicted octanol–water partition coefficient (Wildman–Crippen LogP) is 1.01. The zero-order valence-electron chi connectivity index (χ0n) is 8.91. The number of hydrogen-bond donors (Lipinski definition) is 1. The number of aliphatic carboxylic acids is 1. The molecule has 0 unspecified atom stereocenters. The molecule has 0 bridgehead atoms. The number of carbonyl (C=O) groups is 2. The maximum absolute atomic E-state index is 12.1. The highest BCUT2D eigenvalue weighted by atomic mass is 19.4. The summed E-state index contributed by atoms with van der Waals surface area (Å²) in [5.74, 6) is -1.28. The number of likely N-dealkylation sites (N-methyl/N-ethyl adjacent to an activating group) is 1. The van der Waals surface area contributed by atoms with Gasteiger partial charge in [0.15, 0.2) is 0 Å². The average molecular weight is 242 g/mol. The second-order valence-corrected chi connectivity index (χ2v) is 3.16. The number of alkyl halides is 3. The Labute approximate surface area is 90.4 Å². The van der Waals surface area contributed by atoms with Crippen LogP contribution in [0.3, 0.4) is 0 Å². The Morgan fingerprint density at radius 1 is 1.31 bits per heavy atom. The summed E-state index contributed by atoms with van der Waals surface area (Å²) in [5.41, 5.74) is 0. The Hall–Kier alpha value is -1.47. The van der Waals surface area contributed by atoms with Gasteiger partial charge in [0.05, 0.1) is 0 Å². The molecule has 94 valence electrons. The third kappa shape index (κ3) is 5.42. The number of urea groups is 1. The molecule has 8 heteroatoms. The summed E-state index contributed by atoms with van der Waals surface area (Å²) in [5, 5.41) is 8.39. The summed E-state index contributed by atoms with van der Waals surface area (Å²) < 4.78 is 36.2. The minimum atomic E-state index is -4.49. The van der Waals surface area contributed by atoms with E-state index in [2.05, 4.69) is 0 Å². The van der Waals surface area contributed by atoms with Gasteiger partial charge in [-0.15, -0.1) is 0 Å². The van der Waals surface area contributed by atoms with Gasteiger partial charge in [-0.2, -0.15) is 13.2 Å². The number of carboxylic acids is 1. The van der Waals surface area contributed by atoms with E-state index in [1.807, 2.05) is 0 Å². The second kappa shape index (κ2) is 5.57. The lowest BCUT2D eigenvalue weighted by molar-refractivity contribution is -0.141. The van der Waals surface area contributed by atoms with Crippen molar-refractivity contribution in [3.05, 3.63) is 0 Å². The third-order valence-corrected chi connectivity index (χ3v) is 1.72. The van der Waals surface area contributed by atoms with Gasteiger partial charge in [0, 0.05) is 13.6 Å². The first-order chi connectivity index (χ1) is 7.17. The standard InChI is InChI=1S/C8H13F3N2O3/c1-3-13(5-8(9,10)11)7(16)12(2)4-6(14)15/h3-5H2,1-2H3,(H,14,15). The summed E-state index contributed by atoms with van der Waals surface area (Å²) >= 11 is 0. The van der Waals surface area contributed by atoms with Crippen molar-refractivity contribution in [1.29, 1.82) is 0 Å². The lowest BCUT2D eigenvalue weighted by Crippen LogP contribution is -2.46. The fraction of sp³-hybridized carbons (Fsp3) is 0.750. The highest BCUT2D eigenvalue weighted by molar-refractivity contribution is 5.79. The molecule has 0 spiro atoms. The van der Waals surface area contributed by atoms with Crippen LogP contribution in [0.1, 0.15) is 6.92 Å². The normalized spacial score (nSPS) is 11.1. The molecule has 0 aliphatic rings. The first kappa shape index (κ1) is 14.5. The van der Waals surface area contributed by atoms with Gasteiger partial charge < -0.3 is 14.9 Å². The maximum Gasteiger partial charge on any atom is 0.406 e. The largest absolute Gasteiger partial charge is 0.480 e. The van der Waals surface area contributed by atoms with Gasteiger partial charge in [0.1, 0.15) is 13.1 Å². The highest BCUT2D eigenvalue weighted by Gasteiger charge is 2.33. The molecule has 1 N–H and O–H groups in total. The van der Waals surface area contributed by atoms with E-state index in [1.165, 1.54) is 6.92 Å². The van der Waals surface area contributed by atoms with E-state index in [9.17, 15) is 22.8 Å². The van der Waals surface area contributed by atoms with Crippen molar-refractivity contribution < 1.29 is 27.9 Å². The minimum Gasteiger partial charge on any atom is -0.480 e. The lowest BCUT2D eigenvalue weighted by atomic mass is 10.4. The first-order valence-corrected chi connectivity index (χ1v) is 4.46. The van der Waals surface area contributed by atoms with Gasteiger partial charge in [-0.25, -0.2) is 4.79 Å². The van der Waals surface area contributed by atoms with Crippen LogP contribution < -0.4 is 0 Å². The number of hydrogen-bond acceptors (Lipinski definition) is 2. The first-order valence-electron chi connectivity index (χ1n) is 4.46. The molecule has 0 aliphatic carbocycles. The molecule has 0 aromatic heterocycles. The minimum absolute atomic E-state index is 0.137. The zero-order chi connectivity index (χ0) is 12.9. The number of nitrogens with zero attached hydrogens (tertiary/aromatic N) is 2. The maximum atomic E-state index is 12.1. The number of halogens is 3. The summed E-state index contributed by atoms with van der Waals surface area (Å²) in [4.78, 5) is 22.9. The fourth-order valence-corrected chi connectivity index (χ4v) is 1.04. The van der Waals surface area contributed by atoms with E-state index in [-0.39, 0.29) is 6.54 Å². The van der Waals surface area contributed by atoms with Crippen molar-refractivity contribution in [2.75, 3.05) is 26.7 Å². The molecule has 0 fully saturated rings. The predicted molar refractivity (Wildman–Crippen MR) is 49.0 cm³/mol. The molecule has 0 aromatic rings. The smallest absolute Gasteiger partial charge is 0.406 e. The SMILES string of the molecule is CCN(CC(F)(F)F)C(=O)N(C)CC(=O)O. The molecule has 16 heavy (non-hydrogen) atoms. The monoisotopic (exact) mass is 242 g/mol. The molecule has 0 rings (SSSR count). The van der Waals surface area contributed by atoms with Gasteiger partial charge in [0.2, 0.25) is 0 Å². The van der Waals surface area contributed by atoms with Gasteiger partial charge in [-0.05, 0) is 6.92 Å². The lowest BCUT2D eigenvalue weighted by Gasteiger charge is -2.26. The summed E-state index contributed by atoms with van der Waals surface area (Å²) in [6.07, 6.45) is -4.49. The summed E-state index contributed by atoms with van der Waals surface area (Å²) in [6.45, 7) is -0.764. The van der Waals surface area contributed by atoms with E-state index in [1.54, 1.807) is 0 Å². The Bertz CT molecular complexity index is 268. The van der Waals surface area contributed by atoms with Gasteiger partial charge in [0.25, 0.3) is 0 Å². The Kier molecular flexibility index (Phi) is 5.06. The molecule has 0 saturated carbocycles. The molecule has 0 aromatic carbocycles. The van der Waals surface area contributed by atoms with E-state index in [0.29, 0.717) is 4.90 Å². The number of rotatable bonds is 4. The van der Waals surface area contributed by atoms with E-state index >= 15 is 0 Å². The molecule has 2 amide bonds. The molecular weight excluding hydrogens is 229 g/mol. The average Bonchev–Trinajstić information content (AvgIpc) is 2.10. The van der Waals surface area contributed by atoms with E-state index in [4.69, 9.17) is 5.11 Å². The van der Waals surface area contributed by atoms with Crippen molar-refractivity contribution >= 4 is 12.0 Å². The molecule has 0 saturated heterocycles. The highest BCUT2D eigenvalue weighted by Crippen LogP contribution is 2.16. The Balaban J connectivity index is 4.47. The van der Waals surface area contributed by atoms with Crippen LogP contribution in [0.15, 0.2) is 0 Å². The van der Waals surface area contributed by atoms with Crippen LogP contribution >= 0.6 is 0 Å². The molecule has 0 heterocycles. The van der Waals surface area contributed by atoms with Crippen molar-refractivity contribution in [2.24, 2.45) is 0 Å². The molecule has 0 atom stereocenters. The van der Waals surface area contributed by atoms with Crippen LogP contribution in [-0.2, 0) is 4.79 Å². The topological polar surface area (TPSA) is 60.9 Å². The van der Waals surface area contributed by atoms with Crippen LogP contribution in [0, 0.1) is 0 Å². The van der Waals surface area contributed by atoms with E-state index in [0.717, 1.165) is 11.9 Å². The van der Waals surface area contributed by atoms with Gasteiger partial charge in [-0.1, -0.05) is 0 Å². The zero-order valence-corrected chi connectivity index (χ0v) is 8.91. The quantitative estimate of drug-likeness (QED) is 0.800. The van der Waals surface area contributed by atoms with Crippen molar-refractivity contribution in [1.82, 2.24) is 9.80 Å². The number of carbonyl (C=O) groups excluding carboxylic acids is 1. The summed E-state index contributed by atoms with van der Waals surface area (Å²) in [7, 11) is 1.13. The molecular formula is C8H13F3N2O3. The molecule has 5 nitrogen and oxygen atoms in total. The van der Waals surface area contributed by atoms with Crippen LogP contribution in [0.2, 0.25) is 0 Å². The van der Waals surface area contributed by atoms with Crippen LogP contribution in [0.4, 0.5) is 18.0 Å². The molecule has 0 aliphatic heterocycles. The Morgan fingerprint density at radius 3 is 2.12 bits per heavy atom. The third-order valence-electron chi connectivity index (χ3n) is 1.72. The van der Waals surface area contributed by atoms with Gasteiger partial charge >= 0.3 is 18.2 Å². The van der Waals surface area contributed by atoms with Crippen molar-refractivity contribution in [3.63, 3.8) is 0 Å². The van der Waals surface area contributed by atoms with E-state index < -0.39 is 31.3 Å². The number of amides is 2. The van der Waals surface area contributed by atoms with Crippen LogP contribution in [-0.4, -0.2) is 59.8 Å². The van der Waals surface area contributed by atoms with Gasteiger partial charge in [-0.3, -0.25) is 4.79 Å². The second-order valence-electron chi connectivity index (χ2n) is 3.16. The van der Waals surface area contributed by atoms with Crippen LogP contribution in [0.5, 0.6) is 0 Å². The Morgan fingerprint density at radius 2 is 1.81 bits per heavy atom. The van der Waals surface area contributed by atoms with Crippen LogP contribution in [0.25, 0.3) is 0 Å². The number of carboxylic acid groups (broad SMARTS) is 1. The van der Waals surface area contributed by atoms with Crippen molar-refractivity contribution in [3.8, 4) is 0 Å². The molecule has 0 radical (unpaired) electrons. The fourth-order valence-electron chi connectivity index (χ4n) is 1.04.